The fourth-order valence-corrected chi connectivity index (χ4v) is 1.62. The molecule has 18 heavy (non-hydrogen) atoms. The van der Waals surface area contributed by atoms with Gasteiger partial charge < -0.3 is 20.5 Å². The maximum atomic E-state index is 5.69. The van der Waals surface area contributed by atoms with Gasteiger partial charge in [-0.2, -0.15) is 0 Å². The summed E-state index contributed by atoms with van der Waals surface area (Å²) in [5.74, 6) is 0.963. The minimum atomic E-state index is 0.591. The van der Waals surface area contributed by atoms with Gasteiger partial charge in [-0.3, -0.25) is 0 Å². The third-order valence-corrected chi connectivity index (χ3v) is 2.58. The molecule has 0 heterocycles. The molecule has 0 fully saturated rings. The lowest BCUT2D eigenvalue weighted by molar-refractivity contribution is 0.102. The fourth-order valence-electron chi connectivity index (χ4n) is 1.62. The molecule has 102 valence electrons. The molecule has 0 spiro atoms. The molecule has 0 aliphatic carbocycles. The Morgan fingerprint density at radius 3 is 2.72 bits per heavy atom. The van der Waals surface area contributed by atoms with Crippen LogP contribution in [0.15, 0.2) is 24.3 Å². The van der Waals surface area contributed by atoms with Gasteiger partial charge in [0.2, 0.25) is 0 Å². The van der Waals surface area contributed by atoms with Gasteiger partial charge >= 0.3 is 0 Å². The highest BCUT2D eigenvalue weighted by molar-refractivity contribution is 5.33. The van der Waals surface area contributed by atoms with Crippen LogP contribution in [0.1, 0.15) is 12.5 Å². The van der Waals surface area contributed by atoms with E-state index in [9.17, 15) is 0 Å². The lowest BCUT2D eigenvalue weighted by Gasteiger charge is -2.10. The van der Waals surface area contributed by atoms with Crippen LogP contribution in [0, 0.1) is 0 Å². The summed E-state index contributed by atoms with van der Waals surface area (Å²) in [4.78, 5) is 0. The van der Waals surface area contributed by atoms with Gasteiger partial charge in [0.25, 0.3) is 0 Å². The zero-order chi connectivity index (χ0) is 13.1. The van der Waals surface area contributed by atoms with Crippen molar-refractivity contribution in [3.63, 3.8) is 0 Å². The van der Waals surface area contributed by atoms with Crippen LogP contribution in [-0.2, 0) is 11.2 Å². The average molecular weight is 252 g/mol. The van der Waals surface area contributed by atoms with E-state index in [-0.39, 0.29) is 0 Å². The van der Waals surface area contributed by atoms with E-state index in [1.54, 1.807) is 0 Å². The van der Waals surface area contributed by atoms with Gasteiger partial charge in [0, 0.05) is 19.6 Å². The first-order chi connectivity index (χ1) is 8.88. The molecular weight excluding hydrogens is 228 g/mol. The van der Waals surface area contributed by atoms with Gasteiger partial charge in [0.1, 0.15) is 12.4 Å². The summed E-state index contributed by atoms with van der Waals surface area (Å²) in [5, 5.41) is 3.17. The fraction of sp³-hybridized carbons (Fsp3) is 0.571. The van der Waals surface area contributed by atoms with Crippen molar-refractivity contribution < 1.29 is 9.47 Å². The number of benzene rings is 1. The largest absolute Gasteiger partial charge is 0.491 e. The van der Waals surface area contributed by atoms with Crippen LogP contribution in [-0.4, -0.2) is 39.5 Å². The van der Waals surface area contributed by atoms with Crippen molar-refractivity contribution in [3.8, 4) is 5.75 Å². The van der Waals surface area contributed by atoms with Crippen molar-refractivity contribution in [2.45, 2.75) is 13.3 Å². The van der Waals surface area contributed by atoms with E-state index >= 15 is 0 Å². The zero-order valence-corrected chi connectivity index (χ0v) is 11.2. The summed E-state index contributed by atoms with van der Waals surface area (Å²) in [6, 6.07) is 8.12. The Morgan fingerprint density at radius 2 is 1.94 bits per heavy atom. The third-order valence-electron chi connectivity index (χ3n) is 2.58. The van der Waals surface area contributed by atoms with E-state index in [4.69, 9.17) is 15.2 Å². The Kier molecular flexibility index (Phi) is 8.21. The SMILES string of the molecule is CCc1ccccc1OCCOCCNCCN. The van der Waals surface area contributed by atoms with Crippen LogP contribution in [0.2, 0.25) is 0 Å². The first-order valence-corrected chi connectivity index (χ1v) is 6.57. The topological polar surface area (TPSA) is 56.5 Å². The van der Waals surface area contributed by atoms with Crippen LogP contribution in [0.4, 0.5) is 0 Å². The number of nitrogens with two attached hydrogens (primary N) is 1. The Balaban J connectivity index is 2.07. The van der Waals surface area contributed by atoms with E-state index < -0.39 is 0 Å². The van der Waals surface area contributed by atoms with Gasteiger partial charge in [0.15, 0.2) is 0 Å². The summed E-state index contributed by atoms with van der Waals surface area (Å²) in [6.07, 6.45) is 0.986. The van der Waals surface area contributed by atoms with E-state index in [0.29, 0.717) is 26.4 Å². The zero-order valence-electron chi connectivity index (χ0n) is 11.2. The third kappa shape index (κ3) is 6.00. The predicted octanol–water partition coefficient (Wildman–Crippen LogP) is 1.19. The van der Waals surface area contributed by atoms with Gasteiger partial charge in [-0.05, 0) is 18.1 Å². The molecule has 1 rings (SSSR count). The van der Waals surface area contributed by atoms with Crippen molar-refractivity contribution in [3.05, 3.63) is 29.8 Å². The van der Waals surface area contributed by atoms with Gasteiger partial charge in [-0.15, -0.1) is 0 Å². The number of rotatable bonds is 10. The molecule has 0 amide bonds. The molecule has 0 aliphatic heterocycles. The molecule has 0 bridgehead atoms. The lowest BCUT2D eigenvalue weighted by Crippen LogP contribution is -2.26. The van der Waals surface area contributed by atoms with E-state index in [1.807, 2.05) is 18.2 Å². The normalized spacial score (nSPS) is 10.6. The molecule has 0 saturated heterocycles. The van der Waals surface area contributed by atoms with Crippen LogP contribution < -0.4 is 15.8 Å². The maximum Gasteiger partial charge on any atom is 0.122 e. The van der Waals surface area contributed by atoms with Crippen LogP contribution in [0.3, 0.4) is 0 Å². The number of hydrogen-bond donors (Lipinski definition) is 2. The van der Waals surface area contributed by atoms with Crippen molar-refractivity contribution in [1.82, 2.24) is 5.32 Å². The molecule has 3 N–H and O–H groups in total. The number of ether oxygens (including phenoxy) is 2. The second kappa shape index (κ2) is 9.88. The van der Waals surface area contributed by atoms with Gasteiger partial charge in [-0.1, -0.05) is 25.1 Å². The molecular formula is C14H24N2O2. The minimum absolute atomic E-state index is 0.591. The summed E-state index contributed by atoms with van der Waals surface area (Å²) in [5.41, 5.74) is 6.60. The number of nitrogens with one attached hydrogen (secondary N) is 1. The summed E-state index contributed by atoms with van der Waals surface area (Å²) >= 11 is 0. The molecule has 0 unspecified atom stereocenters. The molecule has 0 aliphatic rings. The molecule has 1 aromatic rings. The van der Waals surface area contributed by atoms with Crippen LogP contribution in [0.25, 0.3) is 0 Å². The van der Waals surface area contributed by atoms with E-state index in [1.165, 1.54) is 5.56 Å². The minimum Gasteiger partial charge on any atom is -0.491 e. The summed E-state index contributed by atoms with van der Waals surface area (Å²) < 4.78 is 11.1. The molecule has 0 atom stereocenters. The molecule has 0 aromatic heterocycles. The number of aryl methyl sites for hydroxylation is 1. The van der Waals surface area contributed by atoms with Crippen LogP contribution in [0.5, 0.6) is 5.75 Å². The second-order valence-electron chi connectivity index (χ2n) is 3.96. The van der Waals surface area contributed by atoms with E-state index in [2.05, 4.69) is 18.3 Å². The lowest BCUT2D eigenvalue weighted by atomic mass is 10.1. The Bertz CT molecular complexity index is 318. The van der Waals surface area contributed by atoms with Crippen molar-refractivity contribution in [1.29, 1.82) is 0 Å². The highest BCUT2D eigenvalue weighted by Gasteiger charge is 1.99. The smallest absolute Gasteiger partial charge is 0.122 e. The number of para-hydroxylation sites is 1. The maximum absolute atomic E-state index is 5.69. The highest BCUT2D eigenvalue weighted by atomic mass is 16.5. The molecule has 0 radical (unpaired) electrons. The molecule has 4 heteroatoms. The monoisotopic (exact) mass is 252 g/mol. The van der Waals surface area contributed by atoms with Gasteiger partial charge in [0.05, 0.1) is 13.2 Å². The summed E-state index contributed by atoms with van der Waals surface area (Å²) in [6.45, 7) is 6.36. The summed E-state index contributed by atoms with van der Waals surface area (Å²) in [7, 11) is 0. The van der Waals surface area contributed by atoms with Crippen molar-refractivity contribution in [2.75, 3.05) is 39.5 Å². The highest BCUT2D eigenvalue weighted by Crippen LogP contribution is 2.17. The standard InChI is InChI=1S/C14H24N2O2/c1-2-13-5-3-4-6-14(13)18-12-11-17-10-9-16-8-7-15/h3-6,16H,2,7-12,15H2,1H3. The quantitative estimate of drug-likeness (QED) is 0.614. The number of hydrogen-bond acceptors (Lipinski definition) is 4. The molecule has 0 saturated carbocycles. The molecule has 1 aromatic carbocycles. The first-order valence-electron chi connectivity index (χ1n) is 6.57. The van der Waals surface area contributed by atoms with Crippen LogP contribution >= 0.6 is 0 Å². The predicted molar refractivity (Wildman–Crippen MR) is 74.1 cm³/mol. The Hall–Kier alpha value is -1.10. The van der Waals surface area contributed by atoms with E-state index in [0.717, 1.165) is 25.3 Å². The average Bonchev–Trinajstić information content (AvgIpc) is 2.42. The second-order valence-corrected chi connectivity index (χ2v) is 3.96. The molecule has 4 nitrogen and oxygen atoms in total. The van der Waals surface area contributed by atoms with Crippen molar-refractivity contribution in [2.24, 2.45) is 5.73 Å². The Morgan fingerprint density at radius 1 is 1.11 bits per heavy atom. The van der Waals surface area contributed by atoms with Crippen molar-refractivity contribution >= 4 is 0 Å². The van der Waals surface area contributed by atoms with Gasteiger partial charge in [-0.25, -0.2) is 0 Å². The first kappa shape index (κ1) is 15.0. The Labute approximate surface area is 109 Å².